The number of nitrogens with zero attached hydrogens (tertiary/aromatic N) is 1. The molecule has 0 saturated carbocycles. The Balaban J connectivity index is 2.01. The molecule has 2 unspecified atom stereocenters. The molecule has 0 amide bonds. The van der Waals surface area contributed by atoms with Gasteiger partial charge in [-0.15, -0.1) is 0 Å². The molecule has 31 heavy (non-hydrogen) atoms. The summed E-state index contributed by atoms with van der Waals surface area (Å²) in [5.74, 6) is -0.332. The monoisotopic (exact) mass is 413 g/mol. The normalized spacial score (nSPS) is 13.0. The Hall–Kier alpha value is -3.04. The van der Waals surface area contributed by atoms with Crippen LogP contribution in [0.4, 0.5) is 0 Å². The van der Waals surface area contributed by atoms with Crippen LogP contribution in [0.25, 0.3) is 0 Å². The van der Waals surface area contributed by atoms with E-state index in [-0.39, 0.29) is 23.4 Å². The van der Waals surface area contributed by atoms with Gasteiger partial charge in [0.2, 0.25) is 0 Å². The van der Waals surface area contributed by atoms with E-state index in [1.54, 1.807) is 0 Å². The molecule has 3 rings (SSSR count). The minimum atomic E-state index is -0.308. The Morgan fingerprint density at radius 1 is 0.710 bits per heavy atom. The van der Waals surface area contributed by atoms with Gasteiger partial charge in [0.25, 0.3) is 0 Å². The maximum absolute atomic E-state index is 13.7. The van der Waals surface area contributed by atoms with Crippen molar-refractivity contribution >= 4 is 11.6 Å². The zero-order valence-corrected chi connectivity index (χ0v) is 18.4. The molecule has 0 aromatic heterocycles. The molecule has 0 bridgehead atoms. The zero-order valence-electron chi connectivity index (χ0n) is 18.4. The van der Waals surface area contributed by atoms with Crippen LogP contribution in [0.15, 0.2) is 91.0 Å². The van der Waals surface area contributed by atoms with Gasteiger partial charge in [0.05, 0.1) is 0 Å². The molecule has 3 nitrogen and oxygen atoms in total. The number of Topliss-reactive ketones (excluding diaryl/α,β-unsaturated/α-hetero) is 2. The topological polar surface area (TPSA) is 37.4 Å². The van der Waals surface area contributed by atoms with Gasteiger partial charge in [-0.3, -0.25) is 9.59 Å². The van der Waals surface area contributed by atoms with Crippen LogP contribution in [0.2, 0.25) is 0 Å². The summed E-state index contributed by atoms with van der Waals surface area (Å²) in [5.41, 5.74) is 2.43. The largest absolute Gasteiger partial charge is 0.303 e. The number of hydrogen-bond acceptors (Lipinski definition) is 3. The Labute approximate surface area is 185 Å². The van der Waals surface area contributed by atoms with Gasteiger partial charge in [0, 0.05) is 35.9 Å². The van der Waals surface area contributed by atoms with Crippen molar-refractivity contribution in [2.75, 3.05) is 19.6 Å². The molecule has 0 aliphatic carbocycles. The fraction of sp³-hybridized carbons (Fsp3) is 0.286. The molecule has 3 heteroatoms. The smallest absolute Gasteiger partial charge is 0.167 e. The van der Waals surface area contributed by atoms with Gasteiger partial charge in [-0.25, -0.2) is 0 Å². The van der Waals surface area contributed by atoms with E-state index in [0.717, 1.165) is 18.7 Å². The van der Waals surface area contributed by atoms with Crippen molar-refractivity contribution in [1.29, 1.82) is 0 Å². The number of rotatable bonds is 11. The van der Waals surface area contributed by atoms with Crippen molar-refractivity contribution in [2.45, 2.75) is 26.2 Å². The SMILES string of the molecule is CCN(CC)CC(C(=O)c1ccccc1)C(CC(=O)c1ccccc1)c1ccccc1. The zero-order chi connectivity index (χ0) is 22.1. The lowest BCUT2D eigenvalue weighted by Gasteiger charge is -2.31. The number of benzene rings is 3. The van der Waals surface area contributed by atoms with Crippen molar-refractivity contribution in [1.82, 2.24) is 4.90 Å². The maximum Gasteiger partial charge on any atom is 0.167 e. The Bertz CT molecular complexity index is 950. The second kappa shape index (κ2) is 11.4. The van der Waals surface area contributed by atoms with Gasteiger partial charge in [-0.05, 0) is 18.7 Å². The Morgan fingerprint density at radius 3 is 1.71 bits per heavy atom. The molecule has 0 heterocycles. The van der Waals surface area contributed by atoms with Crippen LogP contribution < -0.4 is 0 Å². The first kappa shape index (κ1) is 22.6. The summed E-state index contributed by atoms with van der Waals surface area (Å²) in [6, 6.07) is 28.8. The number of carbonyl (C=O) groups excluding carboxylic acids is 2. The van der Waals surface area contributed by atoms with Gasteiger partial charge in [0.1, 0.15) is 0 Å². The molecule has 0 saturated heterocycles. The standard InChI is InChI=1S/C28H31NO2/c1-3-29(4-2)21-26(28(31)24-18-12-7-13-19-24)25(22-14-8-5-9-15-22)20-27(30)23-16-10-6-11-17-23/h5-19,25-26H,3-4,20-21H2,1-2H3. The molecular weight excluding hydrogens is 382 g/mol. The summed E-state index contributed by atoms with van der Waals surface area (Å²) < 4.78 is 0. The van der Waals surface area contributed by atoms with Crippen molar-refractivity contribution in [3.8, 4) is 0 Å². The summed E-state index contributed by atoms with van der Waals surface area (Å²) in [6.45, 7) is 6.58. The van der Waals surface area contributed by atoms with E-state index < -0.39 is 0 Å². The van der Waals surface area contributed by atoms with E-state index in [9.17, 15) is 9.59 Å². The first-order valence-corrected chi connectivity index (χ1v) is 11.1. The first-order valence-electron chi connectivity index (χ1n) is 11.1. The van der Waals surface area contributed by atoms with E-state index in [2.05, 4.69) is 18.7 Å². The van der Waals surface area contributed by atoms with Crippen molar-refractivity contribution < 1.29 is 9.59 Å². The molecule has 3 aromatic rings. The highest BCUT2D eigenvalue weighted by Gasteiger charge is 2.33. The van der Waals surface area contributed by atoms with E-state index in [4.69, 9.17) is 0 Å². The van der Waals surface area contributed by atoms with Crippen LogP contribution in [-0.4, -0.2) is 36.1 Å². The first-order chi connectivity index (χ1) is 15.1. The highest BCUT2D eigenvalue weighted by molar-refractivity contribution is 6.00. The van der Waals surface area contributed by atoms with E-state index in [1.165, 1.54) is 0 Å². The second-order valence-corrected chi connectivity index (χ2v) is 7.83. The molecule has 0 aliphatic rings. The van der Waals surface area contributed by atoms with Crippen molar-refractivity contribution in [3.05, 3.63) is 108 Å². The molecule has 3 aromatic carbocycles. The average molecular weight is 414 g/mol. The van der Waals surface area contributed by atoms with Crippen molar-refractivity contribution in [2.24, 2.45) is 5.92 Å². The Morgan fingerprint density at radius 2 is 1.19 bits per heavy atom. The van der Waals surface area contributed by atoms with Gasteiger partial charge in [0.15, 0.2) is 11.6 Å². The summed E-state index contributed by atoms with van der Waals surface area (Å²) in [7, 11) is 0. The number of ketones is 2. The van der Waals surface area contributed by atoms with E-state index in [0.29, 0.717) is 24.1 Å². The average Bonchev–Trinajstić information content (AvgIpc) is 2.85. The second-order valence-electron chi connectivity index (χ2n) is 7.83. The lowest BCUT2D eigenvalue weighted by molar-refractivity contribution is 0.0834. The molecule has 0 fully saturated rings. The predicted octanol–water partition coefficient (Wildman–Crippen LogP) is 5.88. The van der Waals surface area contributed by atoms with Gasteiger partial charge < -0.3 is 4.90 Å². The van der Waals surface area contributed by atoms with Crippen LogP contribution in [0.5, 0.6) is 0 Å². The minimum Gasteiger partial charge on any atom is -0.303 e. The quantitative estimate of drug-likeness (QED) is 0.368. The van der Waals surface area contributed by atoms with Crippen LogP contribution in [0.3, 0.4) is 0 Å². The van der Waals surface area contributed by atoms with E-state index in [1.807, 2.05) is 91.0 Å². The molecular formula is C28H31NO2. The van der Waals surface area contributed by atoms with Gasteiger partial charge >= 0.3 is 0 Å². The van der Waals surface area contributed by atoms with E-state index >= 15 is 0 Å². The Kier molecular flexibility index (Phi) is 8.31. The third-order valence-corrected chi connectivity index (χ3v) is 5.96. The summed E-state index contributed by atoms with van der Waals surface area (Å²) >= 11 is 0. The number of hydrogen-bond donors (Lipinski definition) is 0. The highest BCUT2D eigenvalue weighted by atomic mass is 16.1. The predicted molar refractivity (Wildman–Crippen MR) is 127 cm³/mol. The highest BCUT2D eigenvalue weighted by Crippen LogP contribution is 2.33. The molecule has 2 atom stereocenters. The fourth-order valence-electron chi connectivity index (χ4n) is 4.10. The fourth-order valence-corrected chi connectivity index (χ4v) is 4.10. The summed E-state index contributed by atoms with van der Waals surface area (Å²) in [4.78, 5) is 29.2. The lowest BCUT2D eigenvalue weighted by Crippen LogP contribution is -2.37. The van der Waals surface area contributed by atoms with Crippen LogP contribution >= 0.6 is 0 Å². The molecule has 160 valence electrons. The molecule has 0 N–H and O–H groups in total. The van der Waals surface area contributed by atoms with Crippen LogP contribution in [0.1, 0.15) is 52.5 Å². The molecule has 0 spiro atoms. The number of carbonyl (C=O) groups is 2. The lowest BCUT2D eigenvalue weighted by atomic mass is 9.77. The third-order valence-electron chi connectivity index (χ3n) is 5.96. The molecule has 0 aliphatic heterocycles. The van der Waals surface area contributed by atoms with Gasteiger partial charge in [-0.2, -0.15) is 0 Å². The summed E-state index contributed by atoms with van der Waals surface area (Å²) in [6.07, 6.45) is 0.304. The maximum atomic E-state index is 13.7. The van der Waals surface area contributed by atoms with Crippen molar-refractivity contribution in [3.63, 3.8) is 0 Å². The van der Waals surface area contributed by atoms with Crippen LogP contribution in [0, 0.1) is 5.92 Å². The molecule has 0 radical (unpaired) electrons. The van der Waals surface area contributed by atoms with Gasteiger partial charge in [-0.1, -0.05) is 105 Å². The summed E-state index contributed by atoms with van der Waals surface area (Å²) in [5, 5.41) is 0. The van der Waals surface area contributed by atoms with Crippen LogP contribution in [-0.2, 0) is 0 Å². The third kappa shape index (κ3) is 5.99. The minimum absolute atomic E-state index is 0.0693.